The Balaban J connectivity index is 2.44. The summed E-state index contributed by atoms with van der Waals surface area (Å²) in [6, 6.07) is -0.599. The van der Waals surface area contributed by atoms with Crippen molar-refractivity contribution >= 4 is 5.91 Å². The SMILES string of the molecule is NC(=O)C1CCC(C(F)(F)F)CN1. The molecule has 1 aliphatic rings. The molecule has 2 unspecified atom stereocenters. The van der Waals surface area contributed by atoms with Crippen molar-refractivity contribution in [2.75, 3.05) is 6.54 Å². The lowest BCUT2D eigenvalue weighted by Gasteiger charge is -2.29. The van der Waals surface area contributed by atoms with Gasteiger partial charge >= 0.3 is 6.18 Å². The highest BCUT2D eigenvalue weighted by Gasteiger charge is 2.42. The van der Waals surface area contributed by atoms with Crippen molar-refractivity contribution < 1.29 is 18.0 Å². The van der Waals surface area contributed by atoms with E-state index in [-0.39, 0.29) is 19.4 Å². The molecule has 3 nitrogen and oxygen atoms in total. The van der Waals surface area contributed by atoms with Crippen LogP contribution in [0, 0.1) is 5.92 Å². The maximum Gasteiger partial charge on any atom is 0.393 e. The predicted molar refractivity (Wildman–Crippen MR) is 39.8 cm³/mol. The molecular formula is C7H11F3N2O. The van der Waals surface area contributed by atoms with Crippen LogP contribution in [0.3, 0.4) is 0 Å². The van der Waals surface area contributed by atoms with E-state index in [0.717, 1.165) is 0 Å². The summed E-state index contributed by atoms with van der Waals surface area (Å²) >= 11 is 0. The molecule has 0 radical (unpaired) electrons. The van der Waals surface area contributed by atoms with E-state index >= 15 is 0 Å². The van der Waals surface area contributed by atoms with Gasteiger partial charge in [-0.3, -0.25) is 4.79 Å². The summed E-state index contributed by atoms with van der Waals surface area (Å²) in [4.78, 5) is 10.6. The topological polar surface area (TPSA) is 55.1 Å². The Bertz CT molecular complexity index is 196. The second-order valence-electron chi connectivity index (χ2n) is 3.18. The van der Waals surface area contributed by atoms with Crippen LogP contribution in [0.15, 0.2) is 0 Å². The highest BCUT2D eigenvalue weighted by molar-refractivity contribution is 5.79. The number of piperidine rings is 1. The molecule has 0 aromatic heterocycles. The van der Waals surface area contributed by atoms with Crippen molar-refractivity contribution in [1.29, 1.82) is 0 Å². The van der Waals surface area contributed by atoms with Crippen LogP contribution in [0.1, 0.15) is 12.8 Å². The van der Waals surface area contributed by atoms with Crippen LogP contribution in [-0.2, 0) is 4.79 Å². The molecule has 0 spiro atoms. The number of alkyl halides is 3. The quantitative estimate of drug-likeness (QED) is 0.637. The van der Waals surface area contributed by atoms with Gasteiger partial charge in [-0.1, -0.05) is 0 Å². The van der Waals surface area contributed by atoms with Crippen molar-refractivity contribution in [1.82, 2.24) is 5.32 Å². The molecule has 0 aromatic rings. The van der Waals surface area contributed by atoms with E-state index in [1.807, 2.05) is 0 Å². The summed E-state index contributed by atoms with van der Waals surface area (Å²) in [5.41, 5.74) is 4.94. The predicted octanol–water partition coefficient (Wildman–Crippen LogP) is 0.402. The van der Waals surface area contributed by atoms with Crippen molar-refractivity contribution in [3.05, 3.63) is 0 Å². The Morgan fingerprint density at radius 1 is 1.38 bits per heavy atom. The van der Waals surface area contributed by atoms with Crippen molar-refractivity contribution in [2.24, 2.45) is 11.7 Å². The molecule has 2 atom stereocenters. The fourth-order valence-electron chi connectivity index (χ4n) is 1.38. The first kappa shape index (κ1) is 10.3. The number of amides is 1. The van der Waals surface area contributed by atoms with E-state index in [4.69, 9.17) is 5.73 Å². The van der Waals surface area contributed by atoms with Gasteiger partial charge in [-0.05, 0) is 12.8 Å². The van der Waals surface area contributed by atoms with Crippen LogP contribution in [0.2, 0.25) is 0 Å². The summed E-state index contributed by atoms with van der Waals surface area (Å²) in [5.74, 6) is -1.93. The molecule has 0 aromatic carbocycles. The van der Waals surface area contributed by atoms with Crippen LogP contribution in [0.5, 0.6) is 0 Å². The van der Waals surface area contributed by atoms with Gasteiger partial charge in [0.05, 0.1) is 12.0 Å². The number of carbonyl (C=O) groups is 1. The van der Waals surface area contributed by atoms with Gasteiger partial charge in [-0.2, -0.15) is 13.2 Å². The summed E-state index contributed by atoms with van der Waals surface area (Å²) in [5, 5.41) is 2.48. The third-order valence-corrected chi connectivity index (χ3v) is 2.22. The second-order valence-corrected chi connectivity index (χ2v) is 3.18. The maximum atomic E-state index is 12.1. The highest BCUT2D eigenvalue weighted by atomic mass is 19.4. The second kappa shape index (κ2) is 3.53. The first-order valence-electron chi connectivity index (χ1n) is 4.00. The molecular weight excluding hydrogens is 185 g/mol. The number of hydrogen-bond donors (Lipinski definition) is 2. The van der Waals surface area contributed by atoms with Crippen LogP contribution in [0.25, 0.3) is 0 Å². The van der Waals surface area contributed by atoms with Crippen molar-refractivity contribution in [3.8, 4) is 0 Å². The lowest BCUT2D eigenvalue weighted by molar-refractivity contribution is -0.180. The number of primary amides is 1. The first-order chi connectivity index (χ1) is 5.91. The molecule has 1 heterocycles. The number of carbonyl (C=O) groups excluding carboxylic acids is 1. The Morgan fingerprint density at radius 2 is 2.00 bits per heavy atom. The summed E-state index contributed by atoms with van der Waals surface area (Å²) in [7, 11) is 0. The molecule has 1 aliphatic heterocycles. The molecule has 0 aliphatic carbocycles. The molecule has 13 heavy (non-hydrogen) atoms. The summed E-state index contributed by atoms with van der Waals surface area (Å²) in [6.07, 6.45) is -4.03. The fraction of sp³-hybridized carbons (Fsp3) is 0.857. The van der Waals surface area contributed by atoms with Gasteiger partial charge in [-0.15, -0.1) is 0 Å². The zero-order chi connectivity index (χ0) is 10.1. The molecule has 3 N–H and O–H groups in total. The molecule has 1 saturated heterocycles. The van der Waals surface area contributed by atoms with Gasteiger partial charge in [0.25, 0.3) is 0 Å². The minimum absolute atomic E-state index is 0.0237. The van der Waals surface area contributed by atoms with E-state index < -0.39 is 24.0 Å². The average Bonchev–Trinajstić information content (AvgIpc) is 2.03. The largest absolute Gasteiger partial charge is 0.393 e. The van der Waals surface area contributed by atoms with Crippen LogP contribution < -0.4 is 11.1 Å². The molecule has 1 fully saturated rings. The lowest BCUT2D eigenvalue weighted by Crippen LogP contribution is -2.49. The smallest absolute Gasteiger partial charge is 0.368 e. The maximum absolute atomic E-state index is 12.1. The Labute approximate surface area is 73.5 Å². The zero-order valence-corrected chi connectivity index (χ0v) is 6.90. The Kier molecular flexibility index (Phi) is 2.80. The summed E-state index contributed by atoms with van der Waals surface area (Å²) in [6.45, 7) is -0.211. The van der Waals surface area contributed by atoms with E-state index in [2.05, 4.69) is 5.32 Å². The minimum atomic E-state index is -4.17. The number of nitrogens with one attached hydrogen (secondary N) is 1. The first-order valence-corrected chi connectivity index (χ1v) is 4.00. The van der Waals surface area contributed by atoms with Crippen LogP contribution in [-0.4, -0.2) is 24.7 Å². The van der Waals surface area contributed by atoms with Crippen molar-refractivity contribution in [3.63, 3.8) is 0 Å². The molecule has 0 saturated carbocycles. The van der Waals surface area contributed by atoms with Gasteiger partial charge in [0.1, 0.15) is 0 Å². The van der Waals surface area contributed by atoms with Crippen LogP contribution in [0.4, 0.5) is 13.2 Å². The molecule has 0 bridgehead atoms. The standard InChI is InChI=1S/C7H11F3N2O/c8-7(9,10)4-1-2-5(6(11)13)12-3-4/h4-5,12H,1-3H2,(H2,11,13). The fourth-order valence-corrected chi connectivity index (χ4v) is 1.38. The number of rotatable bonds is 1. The molecule has 76 valence electrons. The minimum Gasteiger partial charge on any atom is -0.368 e. The lowest BCUT2D eigenvalue weighted by atomic mass is 9.94. The third-order valence-electron chi connectivity index (χ3n) is 2.22. The highest BCUT2D eigenvalue weighted by Crippen LogP contribution is 2.31. The van der Waals surface area contributed by atoms with E-state index in [1.54, 1.807) is 0 Å². The average molecular weight is 196 g/mol. The van der Waals surface area contributed by atoms with Gasteiger partial charge in [-0.25, -0.2) is 0 Å². The number of hydrogen-bond acceptors (Lipinski definition) is 2. The van der Waals surface area contributed by atoms with Crippen LogP contribution >= 0.6 is 0 Å². The number of nitrogens with two attached hydrogens (primary N) is 1. The zero-order valence-electron chi connectivity index (χ0n) is 6.90. The molecule has 1 amide bonds. The van der Waals surface area contributed by atoms with E-state index in [9.17, 15) is 18.0 Å². The van der Waals surface area contributed by atoms with E-state index in [1.165, 1.54) is 0 Å². The molecule has 6 heteroatoms. The normalized spacial score (nSPS) is 30.1. The van der Waals surface area contributed by atoms with Gasteiger partial charge < -0.3 is 11.1 Å². The number of halogens is 3. The monoisotopic (exact) mass is 196 g/mol. The van der Waals surface area contributed by atoms with Gasteiger partial charge in [0, 0.05) is 6.54 Å². The van der Waals surface area contributed by atoms with Gasteiger partial charge in [0.15, 0.2) is 0 Å². The Hall–Kier alpha value is -0.780. The third kappa shape index (κ3) is 2.58. The van der Waals surface area contributed by atoms with Gasteiger partial charge in [0.2, 0.25) is 5.91 Å². The van der Waals surface area contributed by atoms with Crippen molar-refractivity contribution in [2.45, 2.75) is 25.1 Å². The summed E-state index contributed by atoms with van der Waals surface area (Å²) < 4.78 is 36.3. The Morgan fingerprint density at radius 3 is 2.31 bits per heavy atom. The van der Waals surface area contributed by atoms with E-state index in [0.29, 0.717) is 0 Å². The molecule has 1 rings (SSSR count).